The summed E-state index contributed by atoms with van der Waals surface area (Å²) in [6.07, 6.45) is 0.545. The predicted molar refractivity (Wildman–Crippen MR) is 81.0 cm³/mol. The van der Waals surface area contributed by atoms with Crippen LogP contribution in [-0.4, -0.2) is 11.0 Å². The molecule has 21 heavy (non-hydrogen) atoms. The first-order valence-corrected chi connectivity index (χ1v) is 6.72. The Morgan fingerprint density at radius 1 is 1.29 bits per heavy atom. The van der Waals surface area contributed by atoms with E-state index >= 15 is 0 Å². The fraction of sp³-hybridized carbons (Fsp3) is 0.250. The number of benzene rings is 2. The van der Waals surface area contributed by atoms with E-state index in [1.807, 2.05) is 19.9 Å². The van der Waals surface area contributed by atoms with Crippen LogP contribution >= 0.6 is 0 Å². The average Bonchev–Trinajstić information content (AvgIpc) is 2.43. The highest BCUT2D eigenvalue weighted by atomic mass is 19.1. The highest BCUT2D eigenvalue weighted by Gasteiger charge is 2.11. The van der Waals surface area contributed by atoms with Gasteiger partial charge in [0, 0.05) is 23.9 Å². The molecule has 0 aromatic heterocycles. The Morgan fingerprint density at radius 3 is 2.62 bits per heavy atom. The van der Waals surface area contributed by atoms with Gasteiger partial charge in [0.2, 0.25) is 0 Å². The number of anilines is 1. The lowest BCUT2D eigenvalue weighted by molar-refractivity contribution is -0.384. The van der Waals surface area contributed by atoms with E-state index in [1.165, 1.54) is 18.2 Å². The molecule has 0 aliphatic heterocycles. The number of nitrogens with zero attached hydrogens (tertiary/aromatic N) is 1. The Bertz CT molecular complexity index is 658. The molecule has 0 aliphatic rings. The highest BCUT2D eigenvalue weighted by Crippen LogP contribution is 2.22. The zero-order valence-electron chi connectivity index (χ0n) is 12.0. The zero-order valence-corrected chi connectivity index (χ0v) is 12.0. The lowest BCUT2D eigenvalue weighted by atomic mass is 10.1. The Morgan fingerprint density at radius 2 is 2.00 bits per heavy atom. The van der Waals surface area contributed by atoms with Gasteiger partial charge in [-0.05, 0) is 43.5 Å². The molecule has 0 fully saturated rings. The number of nitro benzene ring substituents is 1. The number of aryl methyl sites for hydroxylation is 1. The van der Waals surface area contributed by atoms with Gasteiger partial charge in [0.25, 0.3) is 5.69 Å². The van der Waals surface area contributed by atoms with E-state index in [-0.39, 0.29) is 17.5 Å². The van der Waals surface area contributed by atoms with Gasteiger partial charge >= 0.3 is 0 Å². The Hall–Kier alpha value is -2.43. The summed E-state index contributed by atoms with van der Waals surface area (Å²) >= 11 is 0. The highest BCUT2D eigenvalue weighted by molar-refractivity contribution is 5.56. The van der Waals surface area contributed by atoms with Gasteiger partial charge in [0.15, 0.2) is 0 Å². The van der Waals surface area contributed by atoms with Crippen molar-refractivity contribution >= 4 is 11.4 Å². The van der Waals surface area contributed by atoms with E-state index in [1.54, 1.807) is 18.2 Å². The van der Waals surface area contributed by atoms with Crippen LogP contribution in [0.2, 0.25) is 0 Å². The number of hydrogen-bond donors (Lipinski definition) is 1. The number of nitro groups is 1. The summed E-state index contributed by atoms with van der Waals surface area (Å²) in [7, 11) is 0. The first-order chi connectivity index (χ1) is 9.97. The normalized spacial score (nSPS) is 12.0. The molecule has 0 amide bonds. The van der Waals surface area contributed by atoms with E-state index in [4.69, 9.17) is 0 Å². The smallest absolute Gasteiger partial charge is 0.269 e. The monoisotopic (exact) mass is 288 g/mol. The molecule has 5 heteroatoms. The summed E-state index contributed by atoms with van der Waals surface area (Å²) in [6, 6.07) is 11.4. The maximum atomic E-state index is 13.6. The molecule has 0 bridgehead atoms. The van der Waals surface area contributed by atoms with Crippen LogP contribution in [0.1, 0.15) is 18.1 Å². The molecule has 0 heterocycles. The summed E-state index contributed by atoms with van der Waals surface area (Å²) < 4.78 is 13.6. The number of hydrogen-bond acceptors (Lipinski definition) is 3. The van der Waals surface area contributed by atoms with Crippen LogP contribution in [0.4, 0.5) is 15.8 Å². The second-order valence-corrected chi connectivity index (χ2v) is 5.10. The molecular formula is C16H17FN2O2. The lowest BCUT2D eigenvalue weighted by Gasteiger charge is -2.17. The number of nitrogens with one attached hydrogen (secondary N) is 1. The van der Waals surface area contributed by atoms with Gasteiger partial charge < -0.3 is 5.32 Å². The molecule has 0 aliphatic carbocycles. The third kappa shape index (κ3) is 3.78. The molecule has 0 spiro atoms. The van der Waals surface area contributed by atoms with Crippen LogP contribution in [0.25, 0.3) is 0 Å². The molecule has 2 aromatic carbocycles. The minimum Gasteiger partial charge on any atom is -0.382 e. The van der Waals surface area contributed by atoms with Gasteiger partial charge in [-0.2, -0.15) is 0 Å². The molecule has 4 nitrogen and oxygen atoms in total. The van der Waals surface area contributed by atoms with Crippen molar-refractivity contribution < 1.29 is 9.31 Å². The van der Waals surface area contributed by atoms with Crippen LogP contribution in [0, 0.1) is 22.9 Å². The third-order valence-electron chi connectivity index (χ3n) is 3.31. The topological polar surface area (TPSA) is 55.2 Å². The molecule has 1 N–H and O–H groups in total. The summed E-state index contributed by atoms with van der Waals surface area (Å²) in [5, 5.41) is 14.0. The number of rotatable bonds is 5. The van der Waals surface area contributed by atoms with E-state index in [0.717, 1.165) is 11.3 Å². The van der Waals surface area contributed by atoms with Crippen molar-refractivity contribution in [2.45, 2.75) is 26.3 Å². The molecule has 1 atom stereocenters. The summed E-state index contributed by atoms with van der Waals surface area (Å²) in [5.41, 5.74) is 2.34. The van der Waals surface area contributed by atoms with Crippen LogP contribution in [-0.2, 0) is 6.42 Å². The second kappa shape index (κ2) is 6.35. The summed E-state index contributed by atoms with van der Waals surface area (Å²) in [4.78, 5) is 10.3. The maximum absolute atomic E-state index is 13.6. The standard InChI is InChI=1S/C16H17FN2O2/c1-11-9-14(19(20)21)7-8-16(11)18-12(2)10-13-5-3-4-6-15(13)17/h3-9,12,18H,10H2,1-2H3. The number of non-ortho nitro benzene ring substituents is 1. The van der Waals surface area contributed by atoms with Gasteiger partial charge in [0.05, 0.1) is 4.92 Å². The fourth-order valence-corrected chi connectivity index (χ4v) is 2.23. The zero-order chi connectivity index (χ0) is 15.4. The van der Waals surface area contributed by atoms with E-state index in [9.17, 15) is 14.5 Å². The summed E-state index contributed by atoms with van der Waals surface area (Å²) in [5.74, 6) is -0.216. The van der Waals surface area contributed by atoms with Crippen molar-refractivity contribution in [1.29, 1.82) is 0 Å². The molecule has 0 saturated heterocycles. The van der Waals surface area contributed by atoms with Gasteiger partial charge in [-0.3, -0.25) is 10.1 Å². The Kier molecular flexibility index (Phi) is 4.52. The van der Waals surface area contributed by atoms with Crippen molar-refractivity contribution in [2.24, 2.45) is 0 Å². The quantitative estimate of drug-likeness (QED) is 0.666. The lowest BCUT2D eigenvalue weighted by Crippen LogP contribution is -2.19. The van der Waals surface area contributed by atoms with E-state index in [2.05, 4.69) is 5.32 Å². The molecule has 0 radical (unpaired) electrons. The Labute approximate surface area is 122 Å². The van der Waals surface area contributed by atoms with Crippen molar-refractivity contribution in [3.63, 3.8) is 0 Å². The average molecular weight is 288 g/mol. The van der Waals surface area contributed by atoms with Gasteiger partial charge in [-0.1, -0.05) is 18.2 Å². The fourth-order valence-electron chi connectivity index (χ4n) is 2.23. The molecule has 0 saturated carbocycles. The Balaban J connectivity index is 2.08. The largest absolute Gasteiger partial charge is 0.382 e. The molecule has 1 unspecified atom stereocenters. The minimum atomic E-state index is -0.417. The predicted octanol–water partition coefficient (Wildman–Crippen LogP) is 4.09. The number of halogens is 1. The van der Waals surface area contributed by atoms with Crippen molar-refractivity contribution in [3.8, 4) is 0 Å². The third-order valence-corrected chi connectivity index (χ3v) is 3.31. The molecule has 2 aromatic rings. The van der Waals surface area contributed by atoms with Crippen molar-refractivity contribution in [3.05, 3.63) is 69.5 Å². The van der Waals surface area contributed by atoms with Crippen molar-refractivity contribution in [1.82, 2.24) is 0 Å². The van der Waals surface area contributed by atoms with Gasteiger partial charge in [0.1, 0.15) is 5.82 Å². The van der Waals surface area contributed by atoms with Crippen LogP contribution in [0.5, 0.6) is 0 Å². The summed E-state index contributed by atoms with van der Waals surface area (Å²) in [6.45, 7) is 3.76. The van der Waals surface area contributed by atoms with Gasteiger partial charge in [-0.15, -0.1) is 0 Å². The van der Waals surface area contributed by atoms with Crippen LogP contribution in [0.15, 0.2) is 42.5 Å². The van der Waals surface area contributed by atoms with E-state index < -0.39 is 4.92 Å². The first-order valence-electron chi connectivity index (χ1n) is 6.72. The van der Waals surface area contributed by atoms with Crippen molar-refractivity contribution in [2.75, 3.05) is 5.32 Å². The molecule has 110 valence electrons. The minimum absolute atomic E-state index is 0.0158. The molecule has 2 rings (SSSR count). The second-order valence-electron chi connectivity index (χ2n) is 5.10. The molecular weight excluding hydrogens is 271 g/mol. The van der Waals surface area contributed by atoms with Crippen LogP contribution in [0.3, 0.4) is 0 Å². The first kappa shape index (κ1) is 15.0. The van der Waals surface area contributed by atoms with Crippen LogP contribution < -0.4 is 5.32 Å². The maximum Gasteiger partial charge on any atom is 0.269 e. The van der Waals surface area contributed by atoms with Gasteiger partial charge in [-0.25, -0.2) is 4.39 Å². The van der Waals surface area contributed by atoms with E-state index in [0.29, 0.717) is 12.0 Å². The SMILES string of the molecule is Cc1cc([N+](=O)[O-])ccc1NC(C)Cc1ccccc1F.